The first-order valence-corrected chi connectivity index (χ1v) is 3.17. The highest BCUT2D eigenvalue weighted by Gasteiger charge is 2.38. The quantitative estimate of drug-likeness (QED) is 0.677. The van der Waals surface area contributed by atoms with Gasteiger partial charge in [-0.25, -0.2) is 4.79 Å². The smallest absolute Gasteiger partial charge is 0.481 e. The molecule has 5 nitrogen and oxygen atoms in total. The molecule has 0 fully saturated rings. The minimum atomic E-state index is -5.08. The molecule has 0 aliphatic heterocycles. The number of alkyl halides is 3. The minimum Gasteiger partial charge on any atom is -0.481 e. The number of aliphatic carboxylic acids is 2. The summed E-state index contributed by atoms with van der Waals surface area (Å²) in [6.07, 6.45) is -4.42. The largest absolute Gasteiger partial charge is 0.490 e. The van der Waals surface area contributed by atoms with Gasteiger partial charge < -0.3 is 15.0 Å². The van der Waals surface area contributed by atoms with Crippen LogP contribution in [0.2, 0.25) is 0 Å². The van der Waals surface area contributed by atoms with E-state index in [0.717, 1.165) is 0 Å². The average molecular weight is 216 g/mol. The van der Waals surface area contributed by atoms with Gasteiger partial charge in [0.05, 0.1) is 6.42 Å². The van der Waals surface area contributed by atoms with Crippen molar-refractivity contribution in [1.29, 1.82) is 0 Å². The van der Waals surface area contributed by atoms with Crippen LogP contribution in [0.3, 0.4) is 0 Å². The Morgan fingerprint density at radius 3 is 1.64 bits per heavy atom. The van der Waals surface area contributed by atoms with E-state index in [1.165, 1.54) is 0 Å². The van der Waals surface area contributed by atoms with Crippen LogP contribution in [0, 0.1) is 0 Å². The summed E-state index contributed by atoms with van der Waals surface area (Å²) in [5, 5.41) is 15.0. The Bertz CT molecular complexity index is 210. The van der Waals surface area contributed by atoms with Crippen LogP contribution < -0.4 is 0 Å². The first kappa shape index (κ1) is 14.9. The molecule has 0 amide bonds. The maximum atomic E-state index is 10.6. The molecule has 0 radical (unpaired) electrons. The Hall–Kier alpha value is -1.60. The van der Waals surface area contributed by atoms with Gasteiger partial charge in [-0.3, -0.25) is 4.79 Å². The highest BCUT2D eigenvalue weighted by molar-refractivity contribution is 5.73. The molecule has 0 aromatic heterocycles. The highest BCUT2D eigenvalue weighted by atomic mass is 19.4. The molecule has 0 aromatic rings. The third-order valence-electron chi connectivity index (χ3n) is 0.719. The molecule has 2 N–H and O–H groups in total. The van der Waals surface area contributed by atoms with Crippen molar-refractivity contribution in [2.45, 2.75) is 19.0 Å². The van der Waals surface area contributed by atoms with Gasteiger partial charge in [-0.1, -0.05) is 0 Å². The van der Waals surface area contributed by atoms with Crippen molar-refractivity contribution >= 4 is 18.2 Å². The fourth-order valence-electron chi connectivity index (χ4n) is 0.182. The van der Waals surface area contributed by atoms with Crippen LogP contribution in [0.4, 0.5) is 13.2 Å². The molecular formula is C6H7F3O5. The zero-order valence-electron chi connectivity index (χ0n) is 6.74. The van der Waals surface area contributed by atoms with E-state index in [-0.39, 0.29) is 12.8 Å². The number of halogens is 3. The second kappa shape index (κ2) is 6.87. The lowest BCUT2D eigenvalue weighted by atomic mass is 10.3. The molecule has 0 heterocycles. The molecule has 14 heavy (non-hydrogen) atoms. The minimum absolute atomic E-state index is 0.0521. The van der Waals surface area contributed by atoms with Gasteiger partial charge in [0.1, 0.15) is 6.29 Å². The van der Waals surface area contributed by atoms with Gasteiger partial charge in [-0.2, -0.15) is 13.2 Å². The predicted octanol–water partition coefficient (Wildman–Crippen LogP) is 0.683. The third-order valence-corrected chi connectivity index (χ3v) is 0.719. The number of carbonyl (C=O) groups excluding carboxylic acids is 1. The van der Waals surface area contributed by atoms with Crippen LogP contribution in [0.1, 0.15) is 12.8 Å². The molecule has 0 atom stereocenters. The molecule has 8 heteroatoms. The second-order valence-corrected chi connectivity index (χ2v) is 1.90. The maximum Gasteiger partial charge on any atom is 0.490 e. The summed E-state index contributed by atoms with van der Waals surface area (Å²) >= 11 is 0. The van der Waals surface area contributed by atoms with E-state index in [2.05, 4.69) is 0 Å². The third kappa shape index (κ3) is 13.0. The van der Waals surface area contributed by atoms with E-state index in [1.807, 2.05) is 0 Å². The number of carbonyl (C=O) groups is 3. The molecule has 0 saturated carbocycles. The van der Waals surface area contributed by atoms with Crippen LogP contribution in [0.5, 0.6) is 0 Å². The Kier molecular flexibility index (Phi) is 7.31. The predicted molar refractivity (Wildman–Crippen MR) is 36.6 cm³/mol. The van der Waals surface area contributed by atoms with Crippen molar-refractivity contribution in [2.24, 2.45) is 0 Å². The summed E-state index contributed by atoms with van der Waals surface area (Å²) in [4.78, 5) is 27.9. The summed E-state index contributed by atoms with van der Waals surface area (Å²) in [5.74, 6) is -3.68. The van der Waals surface area contributed by atoms with E-state index in [1.54, 1.807) is 0 Å². The number of hydrogen-bond donors (Lipinski definition) is 2. The van der Waals surface area contributed by atoms with Crippen LogP contribution >= 0.6 is 0 Å². The topological polar surface area (TPSA) is 91.7 Å². The van der Waals surface area contributed by atoms with E-state index in [9.17, 15) is 22.8 Å². The average Bonchev–Trinajstić information content (AvgIpc) is 2.00. The van der Waals surface area contributed by atoms with E-state index in [4.69, 9.17) is 15.0 Å². The van der Waals surface area contributed by atoms with Crippen LogP contribution in [0.25, 0.3) is 0 Å². The van der Waals surface area contributed by atoms with Crippen molar-refractivity contribution in [3.63, 3.8) is 0 Å². The number of aldehydes is 1. The lowest BCUT2D eigenvalue weighted by Crippen LogP contribution is -2.21. The van der Waals surface area contributed by atoms with E-state index in [0.29, 0.717) is 6.29 Å². The Balaban J connectivity index is 0. The molecule has 0 aliphatic rings. The molecule has 0 aromatic carbocycles. The SMILES string of the molecule is O=C(O)C(F)(F)F.O=CCCC(=O)O. The zero-order valence-corrected chi connectivity index (χ0v) is 6.74. The van der Waals surface area contributed by atoms with E-state index >= 15 is 0 Å². The normalized spacial score (nSPS) is 9.64. The summed E-state index contributed by atoms with van der Waals surface area (Å²) in [7, 11) is 0. The Morgan fingerprint density at radius 2 is 1.57 bits per heavy atom. The molecule has 82 valence electrons. The van der Waals surface area contributed by atoms with Crippen molar-refractivity contribution in [1.82, 2.24) is 0 Å². The lowest BCUT2D eigenvalue weighted by Gasteiger charge is -1.93. The van der Waals surface area contributed by atoms with Crippen LogP contribution in [0.15, 0.2) is 0 Å². The van der Waals surface area contributed by atoms with Gasteiger partial charge in [0, 0.05) is 6.42 Å². The van der Waals surface area contributed by atoms with Gasteiger partial charge in [0.2, 0.25) is 0 Å². The van der Waals surface area contributed by atoms with Crippen molar-refractivity contribution in [3.8, 4) is 0 Å². The first-order chi connectivity index (χ1) is 6.21. The van der Waals surface area contributed by atoms with Gasteiger partial charge in [0.15, 0.2) is 0 Å². The van der Waals surface area contributed by atoms with E-state index < -0.39 is 18.1 Å². The molecule has 0 saturated heterocycles. The van der Waals surface area contributed by atoms with Crippen molar-refractivity contribution < 1.29 is 37.8 Å². The van der Waals surface area contributed by atoms with Gasteiger partial charge in [0.25, 0.3) is 0 Å². The van der Waals surface area contributed by atoms with Gasteiger partial charge in [-0.15, -0.1) is 0 Å². The van der Waals surface area contributed by atoms with Crippen LogP contribution in [-0.2, 0) is 14.4 Å². The fraction of sp³-hybridized carbons (Fsp3) is 0.500. The monoisotopic (exact) mass is 216 g/mol. The Labute approximate surface area is 76.1 Å². The standard InChI is InChI=1S/C4H6O3.C2HF3O2/c5-3-1-2-4(6)7;3-2(4,5)1(6)7/h3H,1-2H2,(H,6,7);(H,6,7). The summed E-state index contributed by atoms with van der Waals surface area (Å²) in [5.41, 5.74) is 0. The molecule has 0 spiro atoms. The molecule has 0 rings (SSSR count). The zero-order chi connectivity index (χ0) is 11.8. The fourth-order valence-corrected chi connectivity index (χ4v) is 0.182. The number of carboxylic acids is 2. The number of carboxylic acid groups (broad SMARTS) is 2. The van der Waals surface area contributed by atoms with Gasteiger partial charge in [-0.05, 0) is 0 Å². The summed E-state index contributed by atoms with van der Waals surface area (Å²) in [6, 6.07) is 0. The molecular weight excluding hydrogens is 209 g/mol. The number of rotatable bonds is 3. The maximum absolute atomic E-state index is 10.6. The number of hydrogen-bond acceptors (Lipinski definition) is 3. The molecule has 0 aliphatic carbocycles. The van der Waals surface area contributed by atoms with Crippen molar-refractivity contribution in [3.05, 3.63) is 0 Å². The van der Waals surface area contributed by atoms with Crippen LogP contribution in [-0.4, -0.2) is 34.6 Å². The first-order valence-electron chi connectivity index (χ1n) is 3.17. The summed E-state index contributed by atoms with van der Waals surface area (Å²) in [6.45, 7) is 0. The molecule has 0 unspecified atom stereocenters. The van der Waals surface area contributed by atoms with Gasteiger partial charge >= 0.3 is 18.1 Å². The molecule has 0 bridgehead atoms. The highest BCUT2D eigenvalue weighted by Crippen LogP contribution is 2.13. The van der Waals surface area contributed by atoms with Crippen molar-refractivity contribution in [2.75, 3.05) is 0 Å². The lowest BCUT2D eigenvalue weighted by molar-refractivity contribution is -0.192. The Morgan fingerprint density at radius 1 is 1.21 bits per heavy atom. The summed E-state index contributed by atoms with van der Waals surface area (Å²) < 4.78 is 31.7. The second-order valence-electron chi connectivity index (χ2n) is 1.90.